The van der Waals surface area contributed by atoms with E-state index in [-0.39, 0.29) is 0 Å². The Kier molecular flexibility index (Phi) is 4.80. The number of hydrogen-bond donors (Lipinski definition) is 1. The first kappa shape index (κ1) is 13.6. The maximum absolute atomic E-state index is 6.04. The van der Waals surface area contributed by atoms with Crippen molar-refractivity contribution in [3.8, 4) is 0 Å². The van der Waals surface area contributed by atoms with Gasteiger partial charge in [0, 0.05) is 28.1 Å². The Hall–Kier alpha value is -0.840. The van der Waals surface area contributed by atoms with Crippen LogP contribution in [0, 0.1) is 0 Å². The minimum absolute atomic E-state index is 0.856. The molecule has 0 bridgehead atoms. The van der Waals surface area contributed by atoms with Crippen molar-refractivity contribution in [2.75, 3.05) is 12.3 Å². The molecule has 1 aromatic heterocycles. The summed E-state index contributed by atoms with van der Waals surface area (Å²) in [5, 5.41) is 2.12. The first-order valence-electron chi connectivity index (χ1n) is 5.97. The molecule has 0 fully saturated rings. The van der Waals surface area contributed by atoms with Crippen molar-refractivity contribution in [1.82, 2.24) is 4.90 Å². The summed E-state index contributed by atoms with van der Waals surface area (Å²) in [4.78, 5) is 3.79. The molecular weight excluding hydrogens is 308 g/mol. The van der Waals surface area contributed by atoms with Gasteiger partial charge in [0.05, 0.1) is 0 Å². The second-order valence-corrected chi connectivity index (χ2v) is 6.17. The number of anilines is 1. The van der Waals surface area contributed by atoms with Crippen LogP contribution in [0.1, 0.15) is 17.4 Å². The smallest absolute Gasteiger partial charge is 0.0371 e. The molecule has 18 heavy (non-hydrogen) atoms. The van der Waals surface area contributed by atoms with E-state index in [4.69, 9.17) is 5.73 Å². The van der Waals surface area contributed by atoms with E-state index in [0.717, 1.165) is 29.8 Å². The van der Waals surface area contributed by atoms with Gasteiger partial charge < -0.3 is 5.73 Å². The van der Waals surface area contributed by atoms with E-state index in [9.17, 15) is 0 Å². The van der Waals surface area contributed by atoms with Crippen LogP contribution in [0.5, 0.6) is 0 Å². The van der Waals surface area contributed by atoms with Crippen molar-refractivity contribution in [2.24, 2.45) is 0 Å². The second kappa shape index (κ2) is 6.36. The minimum Gasteiger partial charge on any atom is -0.398 e. The highest BCUT2D eigenvalue weighted by Gasteiger charge is 2.08. The van der Waals surface area contributed by atoms with Gasteiger partial charge in [-0.2, -0.15) is 0 Å². The fourth-order valence-corrected chi connectivity index (χ4v) is 2.98. The lowest BCUT2D eigenvalue weighted by Crippen LogP contribution is -2.22. The number of hydrogen-bond acceptors (Lipinski definition) is 3. The van der Waals surface area contributed by atoms with Gasteiger partial charge >= 0.3 is 0 Å². The van der Waals surface area contributed by atoms with E-state index in [1.807, 2.05) is 12.1 Å². The number of thiophene rings is 1. The molecule has 1 aromatic carbocycles. The number of rotatable bonds is 5. The normalized spacial score (nSPS) is 11.1. The Bertz CT molecular complexity index is 497. The quantitative estimate of drug-likeness (QED) is 0.838. The average molecular weight is 325 g/mol. The lowest BCUT2D eigenvalue weighted by molar-refractivity contribution is 0.274. The van der Waals surface area contributed by atoms with E-state index in [2.05, 4.69) is 51.3 Å². The molecule has 2 N–H and O–H groups in total. The number of nitrogens with zero attached hydrogens (tertiary/aromatic N) is 1. The first-order valence-corrected chi connectivity index (χ1v) is 7.65. The van der Waals surface area contributed by atoms with E-state index < -0.39 is 0 Å². The van der Waals surface area contributed by atoms with Gasteiger partial charge in [-0.3, -0.25) is 4.90 Å². The van der Waals surface area contributed by atoms with Gasteiger partial charge in [0.1, 0.15) is 0 Å². The van der Waals surface area contributed by atoms with Crippen LogP contribution in [0.15, 0.2) is 40.2 Å². The fourth-order valence-electron chi connectivity index (χ4n) is 1.85. The largest absolute Gasteiger partial charge is 0.398 e. The minimum atomic E-state index is 0.856. The Morgan fingerprint density at radius 2 is 2.11 bits per heavy atom. The molecule has 96 valence electrons. The third kappa shape index (κ3) is 3.57. The van der Waals surface area contributed by atoms with Gasteiger partial charge in [0.2, 0.25) is 0 Å². The third-order valence-corrected chi connectivity index (χ3v) is 4.26. The van der Waals surface area contributed by atoms with Crippen LogP contribution in [0.3, 0.4) is 0 Å². The summed E-state index contributed by atoms with van der Waals surface area (Å²) < 4.78 is 1.03. The van der Waals surface area contributed by atoms with Crippen molar-refractivity contribution in [2.45, 2.75) is 20.0 Å². The van der Waals surface area contributed by atoms with Crippen LogP contribution in [0.4, 0.5) is 5.69 Å². The highest BCUT2D eigenvalue weighted by Crippen LogP contribution is 2.21. The summed E-state index contributed by atoms with van der Waals surface area (Å²) in [5.74, 6) is 0. The number of nitrogen functional groups attached to an aromatic ring is 1. The third-order valence-electron chi connectivity index (χ3n) is 2.91. The summed E-state index contributed by atoms with van der Waals surface area (Å²) >= 11 is 5.24. The fraction of sp³-hybridized carbons (Fsp3) is 0.286. The van der Waals surface area contributed by atoms with Crippen molar-refractivity contribution in [3.63, 3.8) is 0 Å². The topological polar surface area (TPSA) is 29.3 Å². The van der Waals surface area contributed by atoms with E-state index >= 15 is 0 Å². The predicted molar refractivity (Wildman–Crippen MR) is 82.7 cm³/mol. The van der Waals surface area contributed by atoms with Crippen molar-refractivity contribution in [3.05, 3.63) is 50.6 Å². The van der Waals surface area contributed by atoms with Gasteiger partial charge in [-0.05, 0) is 35.7 Å². The molecule has 0 atom stereocenters. The molecule has 0 aliphatic heterocycles. The van der Waals surface area contributed by atoms with Gasteiger partial charge in [-0.1, -0.05) is 35.0 Å². The van der Waals surface area contributed by atoms with E-state index in [1.165, 1.54) is 10.4 Å². The van der Waals surface area contributed by atoms with Crippen molar-refractivity contribution in [1.29, 1.82) is 0 Å². The molecule has 0 unspecified atom stereocenters. The zero-order valence-corrected chi connectivity index (χ0v) is 12.8. The summed E-state index contributed by atoms with van der Waals surface area (Å²) in [6.45, 7) is 5.09. The monoisotopic (exact) mass is 324 g/mol. The highest BCUT2D eigenvalue weighted by molar-refractivity contribution is 9.10. The molecule has 0 saturated carbocycles. The van der Waals surface area contributed by atoms with E-state index in [1.54, 1.807) is 11.3 Å². The molecule has 2 rings (SSSR count). The standard InChI is InChI=1S/C14H17BrN2S/c1-2-17(10-13-4-3-7-18-13)9-11-5-6-12(15)8-14(11)16/h3-8H,2,9-10,16H2,1H3. The summed E-state index contributed by atoms with van der Waals surface area (Å²) in [6.07, 6.45) is 0. The average Bonchev–Trinajstić information content (AvgIpc) is 2.84. The van der Waals surface area contributed by atoms with Gasteiger partial charge in [-0.15, -0.1) is 11.3 Å². The number of halogens is 1. The van der Waals surface area contributed by atoms with Gasteiger partial charge in [0.15, 0.2) is 0 Å². The molecule has 1 heterocycles. The molecule has 0 amide bonds. The molecule has 2 aromatic rings. The zero-order chi connectivity index (χ0) is 13.0. The van der Waals surface area contributed by atoms with Crippen molar-refractivity contribution >= 4 is 33.0 Å². The molecule has 0 spiro atoms. The van der Waals surface area contributed by atoms with Crippen LogP contribution in [-0.4, -0.2) is 11.4 Å². The predicted octanol–water partition coefficient (Wildman–Crippen LogP) is 4.11. The van der Waals surface area contributed by atoms with Gasteiger partial charge in [0.25, 0.3) is 0 Å². The summed E-state index contributed by atoms with van der Waals surface area (Å²) in [7, 11) is 0. The van der Waals surface area contributed by atoms with Crippen LogP contribution in [0.25, 0.3) is 0 Å². The second-order valence-electron chi connectivity index (χ2n) is 4.23. The molecule has 0 saturated heterocycles. The van der Waals surface area contributed by atoms with Crippen LogP contribution >= 0.6 is 27.3 Å². The molecule has 0 aliphatic carbocycles. The first-order chi connectivity index (χ1) is 8.69. The summed E-state index contributed by atoms with van der Waals surface area (Å²) in [6, 6.07) is 10.4. The molecule has 0 aliphatic rings. The molecule has 2 nitrogen and oxygen atoms in total. The number of benzene rings is 1. The van der Waals surface area contributed by atoms with E-state index in [0.29, 0.717) is 0 Å². The van der Waals surface area contributed by atoms with Crippen LogP contribution in [-0.2, 0) is 13.1 Å². The van der Waals surface area contributed by atoms with Gasteiger partial charge in [-0.25, -0.2) is 0 Å². The molecule has 4 heteroatoms. The lowest BCUT2D eigenvalue weighted by atomic mass is 10.1. The summed E-state index contributed by atoms with van der Waals surface area (Å²) in [5.41, 5.74) is 8.09. The Labute approximate surface area is 121 Å². The molecular formula is C14H17BrN2S. The zero-order valence-electron chi connectivity index (χ0n) is 10.4. The Balaban J connectivity index is 2.05. The lowest BCUT2D eigenvalue weighted by Gasteiger charge is -2.20. The Morgan fingerprint density at radius 1 is 1.28 bits per heavy atom. The highest BCUT2D eigenvalue weighted by atomic mass is 79.9. The SMILES string of the molecule is CCN(Cc1cccs1)Cc1ccc(Br)cc1N. The van der Waals surface area contributed by atoms with Crippen LogP contribution in [0.2, 0.25) is 0 Å². The van der Waals surface area contributed by atoms with Crippen LogP contribution < -0.4 is 5.73 Å². The number of nitrogens with two attached hydrogens (primary N) is 1. The maximum atomic E-state index is 6.04. The van der Waals surface area contributed by atoms with Crippen molar-refractivity contribution < 1.29 is 0 Å². The maximum Gasteiger partial charge on any atom is 0.0371 e. The Morgan fingerprint density at radius 3 is 2.72 bits per heavy atom. The molecule has 0 radical (unpaired) electrons.